The third-order valence-corrected chi connectivity index (χ3v) is 5.88. The van der Waals surface area contributed by atoms with E-state index in [0.717, 1.165) is 34.9 Å². The molecule has 0 spiro atoms. The molecule has 22 heavy (non-hydrogen) atoms. The molecule has 2 aromatic heterocycles. The number of nitrogens with zero attached hydrogens (tertiary/aromatic N) is 2. The predicted molar refractivity (Wildman–Crippen MR) is 89.3 cm³/mol. The molecule has 1 amide bonds. The van der Waals surface area contributed by atoms with E-state index in [9.17, 15) is 4.79 Å². The van der Waals surface area contributed by atoms with Gasteiger partial charge in [-0.3, -0.25) is 9.48 Å². The van der Waals surface area contributed by atoms with Crippen molar-refractivity contribution in [2.24, 2.45) is 13.0 Å². The summed E-state index contributed by atoms with van der Waals surface area (Å²) in [6, 6.07) is 2.06. The van der Waals surface area contributed by atoms with Crippen LogP contribution in [0.5, 0.6) is 0 Å². The molecular weight excluding hydrogens is 294 g/mol. The van der Waals surface area contributed by atoms with Crippen molar-refractivity contribution in [3.63, 3.8) is 0 Å². The van der Waals surface area contributed by atoms with Gasteiger partial charge in [0.2, 0.25) is 0 Å². The van der Waals surface area contributed by atoms with Crippen LogP contribution in [0.1, 0.15) is 57.7 Å². The number of fused-ring (bicyclic) bond motifs is 1. The number of thiophene rings is 1. The molecule has 1 N–H and O–H groups in total. The molecule has 118 valence electrons. The molecule has 0 bridgehead atoms. The van der Waals surface area contributed by atoms with Crippen molar-refractivity contribution in [1.82, 2.24) is 15.1 Å². The highest BCUT2D eigenvalue weighted by atomic mass is 32.1. The fourth-order valence-corrected chi connectivity index (χ4v) is 4.22. The molecule has 1 aliphatic carbocycles. The third-order valence-electron chi connectivity index (χ3n) is 4.64. The van der Waals surface area contributed by atoms with Gasteiger partial charge in [-0.05, 0) is 50.7 Å². The van der Waals surface area contributed by atoms with E-state index in [1.165, 1.54) is 16.9 Å². The molecule has 3 rings (SSSR count). The van der Waals surface area contributed by atoms with Crippen LogP contribution in [0.4, 0.5) is 0 Å². The maximum Gasteiger partial charge on any atom is 0.261 e. The number of aromatic nitrogens is 2. The summed E-state index contributed by atoms with van der Waals surface area (Å²) in [5, 5.41) is 7.35. The average molecular weight is 317 g/mol. The number of rotatable bonds is 3. The van der Waals surface area contributed by atoms with Crippen molar-refractivity contribution in [2.75, 3.05) is 0 Å². The van der Waals surface area contributed by atoms with Crippen molar-refractivity contribution in [3.05, 3.63) is 38.8 Å². The standard InChI is InChI=1S/C17H23N3OS/c1-10-5-6-15-13(7-10)8-16(22-15)17(21)19-11(2)14-9-18-20(4)12(14)3/h8-11H,5-7H2,1-4H3,(H,19,21). The van der Waals surface area contributed by atoms with Gasteiger partial charge < -0.3 is 5.32 Å². The molecule has 0 radical (unpaired) electrons. The van der Waals surface area contributed by atoms with Gasteiger partial charge in [0.15, 0.2) is 0 Å². The summed E-state index contributed by atoms with van der Waals surface area (Å²) in [6.45, 7) is 6.32. The summed E-state index contributed by atoms with van der Waals surface area (Å²) in [6.07, 6.45) is 5.29. The Morgan fingerprint density at radius 3 is 3.00 bits per heavy atom. The van der Waals surface area contributed by atoms with Crippen molar-refractivity contribution >= 4 is 17.2 Å². The Balaban J connectivity index is 1.73. The number of carbonyl (C=O) groups is 1. The molecule has 2 atom stereocenters. The normalized spacial score (nSPS) is 18.8. The first-order valence-electron chi connectivity index (χ1n) is 7.86. The lowest BCUT2D eigenvalue weighted by molar-refractivity contribution is 0.0944. The van der Waals surface area contributed by atoms with Gasteiger partial charge >= 0.3 is 0 Å². The molecular formula is C17H23N3OS. The van der Waals surface area contributed by atoms with Crippen molar-refractivity contribution in [3.8, 4) is 0 Å². The molecule has 0 aliphatic heterocycles. The highest BCUT2D eigenvalue weighted by molar-refractivity contribution is 7.14. The smallest absolute Gasteiger partial charge is 0.261 e. The highest BCUT2D eigenvalue weighted by Crippen LogP contribution is 2.32. The van der Waals surface area contributed by atoms with E-state index >= 15 is 0 Å². The van der Waals surface area contributed by atoms with Crippen LogP contribution in [-0.4, -0.2) is 15.7 Å². The van der Waals surface area contributed by atoms with Crippen molar-refractivity contribution in [1.29, 1.82) is 0 Å². The van der Waals surface area contributed by atoms with Crippen LogP contribution >= 0.6 is 11.3 Å². The third kappa shape index (κ3) is 2.82. The number of nitrogens with one attached hydrogen (secondary N) is 1. The largest absolute Gasteiger partial charge is 0.345 e. The minimum absolute atomic E-state index is 0.0285. The number of aryl methyl sites for hydroxylation is 2. The van der Waals surface area contributed by atoms with Crippen LogP contribution in [0.2, 0.25) is 0 Å². The van der Waals surface area contributed by atoms with Crippen LogP contribution in [-0.2, 0) is 19.9 Å². The first kappa shape index (κ1) is 15.3. The fraction of sp³-hybridized carbons (Fsp3) is 0.529. The van der Waals surface area contributed by atoms with E-state index in [2.05, 4.69) is 23.4 Å². The first-order valence-corrected chi connectivity index (χ1v) is 8.68. The van der Waals surface area contributed by atoms with Crippen LogP contribution in [0.15, 0.2) is 12.3 Å². The molecule has 4 nitrogen and oxygen atoms in total. The molecule has 5 heteroatoms. The molecule has 0 saturated heterocycles. The minimum Gasteiger partial charge on any atom is -0.345 e. The first-order chi connectivity index (χ1) is 10.5. The number of hydrogen-bond donors (Lipinski definition) is 1. The summed E-state index contributed by atoms with van der Waals surface area (Å²) in [4.78, 5) is 14.8. The average Bonchev–Trinajstić information content (AvgIpc) is 3.03. The topological polar surface area (TPSA) is 46.9 Å². The summed E-state index contributed by atoms with van der Waals surface area (Å²) >= 11 is 1.66. The predicted octanol–water partition coefficient (Wildman–Crippen LogP) is 3.41. The maximum absolute atomic E-state index is 12.5. The summed E-state index contributed by atoms with van der Waals surface area (Å²) in [5.74, 6) is 0.762. The molecule has 0 fully saturated rings. The van der Waals surface area contributed by atoms with Crippen LogP contribution in [0, 0.1) is 12.8 Å². The summed E-state index contributed by atoms with van der Waals surface area (Å²) in [5.41, 5.74) is 3.54. The number of amides is 1. The highest BCUT2D eigenvalue weighted by Gasteiger charge is 2.22. The fourth-order valence-electron chi connectivity index (χ4n) is 3.10. The second-order valence-corrected chi connectivity index (χ2v) is 7.55. The molecule has 0 aromatic carbocycles. The SMILES string of the molecule is Cc1c(C(C)NC(=O)c2cc3c(s2)CCC(C)C3)cnn1C. The van der Waals surface area contributed by atoms with Crippen molar-refractivity contribution < 1.29 is 4.79 Å². The Kier molecular flexibility index (Phi) is 4.08. The van der Waals surface area contributed by atoms with Crippen molar-refractivity contribution in [2.45, 2.75) is 46.1 Å². The lowest BCUT2D eigenvalue weighted by atomic mass is 9.90. The van der Waals surface area contributed by atoms with E-state index in [0.29, 0.717) is 0 Å². The lowest BCUT2D eigenvalue weighted by Crippen LogP contribution is -2.26. The van der Waals surface area contributed by atoms with Gasteiger partial charge in [0.25, 0.3) is 5.91 Å². The van der Waals surface area contributed by atoms with Gasteiger partial charge in [-0.1, -0.05) is 6.92 Å². The summed E-state index contributed by atoms with van der Waals surface area (Å²) in [7, 11) is 1.92. The van der Waals surface area contributed by atoms with Crippen LogP contribution < -0.4 is 5.32 Å². The quantitative estimate of drug-likeness (QED) is 0.943. The zero-order valence-corrected chi connectivity index (χ0v) is 14.5. The van der Waals surface area contributed by atoms with Crippen LogP contribution in [0.25, 0.3) is 0 Å². The Morgan fingerprint density at radius 2 is 2.32 bits per heavy atom. The monoisotopic (exact) mass is 317 g/mol. The molecule has 2 unspecified atom stereocenters. The zero-order chi connectivity index (χ0) is 15.9. The second-order valence-electron chi connectivity index (χ2n) is 6.41. The molecule has 1 aliphatic rings. The molecule has 2 aromatic rings. The Morgan fingerprint density at radius 1 is 1.55 bits per heavy atom. The van der Waals surface area contributed by atoms with Gasteiger partial charge in [-0.15, -0.1) is 11.3 Å². The van der Waals surface area contributed by atoms with Gasteiger partial charge in [0.1, 0.15) is 0 Å². The van der Waals surface area contributed by atoms with E-state index in [1.807, 2.05) is 31.8 Å². The second kappa shape index (κ2) is 5.88. The Hall–Kier alpha value is -1.62. The van der Waals surface area contributed by atoms with Gasteiger partial charge in [-0.25, -0.2) is 0 Å². The maximum atomic E-state index is 12.5. The Bertz CT molecular complexity index is 701. The molecule has 2 heterocycles. The van der Waals surface area contributed by atoms with E-state index < -0.39 is 0 Å². The van der Waals surface area contributed by atoms with E-state index in [1.54, 1.807) is 11.3 Å². The van der Waals surface area contributed by atoms with Gasteiger partial charge in [0, 0.05) is 23.2 Å². The minimum atomic E-state index is -0.0285. The van der Waals surface area contributed by atoms with Gasteiger partial charge in [0.05, 0.1) is 17.1 Å². The van der Waals surface area contributed by atoms with E-state index in [4.69, 9.17) is 0 Å². The zero-order valence-electron chi connectivity index (χ0n) is 13.6. The molecule has 0 saturated carbocycles. The number of hydrogen-bond acceptors (Lipinski definition) is 3. The number of carbonyl (C=O) groups excluding carboxylic acids is 1. The van der Waals surface area contributed by atoms with E-state index in [-0.39, 0.29) is 11.9 Å². The van der Waals surface area contributed by atoms with Gasteiger partial charge in [-0.2, -0.15) is 5.10 Å². The Labute approximate surface area is 135 Å². The summed E-state index contributed by atoms with van der Waals surface area (Å²) < 4.78 is 1.84. The lowest BCUT2D eigenvalue weighted by Gasteiger charge is -2.16. The van der Waals surface area contributed by atoms with Crippen LogP contribution in [0.3, 0.4) is 0 Å².